The zero-order valence-electron chi connectivity index (χ0n) is 14.5. The lowest BCUT2D eigenvalue weighted by atomic mass is 10.1. The Bertz CT molecular complexity index is 486. The highest BCUT2D eigenvalue weighted by Crippen LogP contribution is 2.10. The molecule has 0 aliphatic heterocycles. The van der Waals surface area contributed by atoms with Gasteiger partial charge in [-0.15, -0.1) is 6.58 Å². The quantitative estimate of drug-likeness (QED) is 0.279. The predicted octanol–water partition coefficient (Wildman–Crippen LogP) is 3.44. The van der Waals surface area contributed by atoms with E-state index < -0.39 is 0 Å². The number of hydrogen-bond acceptors (Lipinski definition) is 4. The van der Waals surface area contributed by atoms with Crippen molar-refractivity contribution in [1.29, 1.82) is 0 Å². The summed E-state index contributed by atoms with van der Waals surface area (Å²) >= 11 is 0. The molecule has 0 aliphatic rings. The van der Waals surface area contributed by atoms with Crippen molar-refractivity contribution in [3.8, 4) is 5.75 Å². The largest absolute Gasteiger partial charge is 0.380 e. The summed E-state index contributed by atoms with van der Waals surface area (Å²) in [7, 11) is 0. The molecule has 0 radical (unpaired) electrons. The number of aryl methyl sites for hydroxylation is 1. The summed E-state index contributed by atoms with van der Waals surface area (Å²) in [5.74, 6) is 0.0619. The van der Waals surface area contributed by atoms with Crippen molar-refractivity contribution >= 4 is 11.8 Å². The number of allylic oxidation sites excluding steroid dienone is 1. The predicted molar refractivity (Wildman–Crippen MR) is 93.5 cm³/mol. The topological polar surface area (TPSA) is 87.7 Å². The van der Waals surface area contributed by atoms with Gasteiger partial charge in [0, 0.05) is 12.8 Å². The van der Waals surface area contributed by atoms with Crippen LogP contribution in [-0.2, 0) is 9.59 Å². The van der Waals surface area contributed by atoms with E-state index >= 15 is 0 Å². The molecule has 134 valence electrons. The van der Waals surface area contributed by atoms with Gasteiger partial charge < -0.3 is 4.84 Å². The molecule has 0 saturated carbocycles. The van der Waals surface area contributed by atoms with Gasteiger partial charge in [0.25, 0.3) is 5.91 Å². The molecule has 0 bridgehead atoms. The first kappa shape index (κ1) is 21.7. The molecule has 6 heteroatoms. The lowest BCUT2D eigenvalue weighted by Crippen LogP contribution is -2.26. The Balaban J connectivity index is 0.00000163. The minimum absolute atomic E-state index is 0.163. The van der Waals surface area contributed by atoms with Crippen LogP contribution in [0.5, 0.6) is 5.75 Å². The Morgan fingerprint density at radius 2 is 1.58 bits per heavy atom. The molecule has 0 aromatic heterocycles. The summed E-state index contributed by atoms with van der Waals surface area (Å²) in [5, 5.41) is 8.31. The number of carbonyl (C=O) groups is 2. The first-order valence-corrected chi connectivity index (χ1v) is 8.05. The summed E-state index contributed by atoms with van der Waals surface area (Å²) in [6.07, 6.45) is 5.59. The van der Waals surface area contributed by atoms with Crippen molar-refractivity contribution in [2.24, 2.45) is 0 Å². The fourth-order valence-corrected chi connectivity index (χ4v) is 1.75. The molecule has 0 heterocycles. The average Bonchev–Trinajstić information content (AvgIpc) is 2.58. The lowest BCUT2D eigenvalue weighted by Gasteiger charge is -2.07. The second kappa shape index (κ2) is 14.3. The fourth-order valence-electron chi connectivity index (χ4n) is 1.75. The Morgan fingerprint density at radius 1 is 1.08 bits per heavy atom. The maximum Gasteiger partial charge on any atom is 0.252 e. The lowest BCUT2D eigenvalue weighted by molar-refractivity contribution is -0.129. The van der Waals surface area contributed by atoms with Crippen LogP contribution in [0.25, 0.3) is 0 Å². The van der Waals surface area contributed by atoms with E-state index in [1.54, 1.807) is 23.7 Å². The molecule has 1 rings (SSSR count). The Kier molecular flexibility index (Phi) is 12.9. The van der Waals surface area contributed by atoms with Gasteiger partial charge in [-0.25, -0.2) is 5.48 Å². The van der Waals surface area contributed by atoms with Crippen LogP contribution >= 0.6 is 0 Å². The van der Waals surface area contributed by atoms with E-state index in [1.807, 2.05) is 26.0 Å². The third-order valence-corrected chi connectivity index (χ3v) is 2.99. The molecule has 0 spiro atoms. The standard InChI is InChI=1S/C15H22N2O4.C3H6/c1-12-8-10-13(11-9-12)21-17-15(19)7-5-3-2-4-6-14(18)16-20;1-3-2/h8-11,20H,2-7H2,1H3,(H,16,18)(H,17,19);3H,1H2,2H3. The van der Waals surface area contributed by atoms with Crippen LogP contribution in [0.3, 0.4) is 0 Å². The van der Waals surface area contributed by atoms with Crippen LogP contribution in [-0.4, -0.2) is 17.0 Å². The molecule has 24 heavy (non-hydrogen) atoms. The van der Waals surface area contributed by atoms with Crippen LogP contribution in [0.15, 0.2) is 36.9 Å². The molecular weight excluding hydrogens is 308 g/mol. The van der Waals surface area contributed by atoms with Crippen molar-refractivity contribution < 1.29 is 19.6 Å². The van der Waals surface area contributed by atoms with Gasteiger partial charge in [0.15, 0.2) is 5.75 Å². The van der Waals surface area contributed by atoms with E-state index in [-0.39, 0.29) is 11.8 Å². The van der Waals surface area contributed by atoms with Crippen molar-refractivity contribution in [3.05, 3.63) is 42.5 Å². The molecule has 6 nitrogen and oxygen atoms in total. The first-order valence-electron chi connectivity index (χ1n) is 8.05. The zero-order chi connectivity index (χ0) is 18.2. The fraction of sp³-hybridized carbons (Fsp3) is 0.444. The molecule has 2 amide bonds. The minimum Gasteiger partial charge on any atom is -0.380 e. The van der Waals surface area contributed by atoms with E-state index in [9.17, 15) is 9.59 Å². The van der Waals surface area contributed by atoms with Crippen LogP contribution in [0.4, 0.5) is 0 Å². The summed E-state index contributed by atoms with van der Waals surface area (Å²) in [5.41, 5.74) is 5.12. The van der Waals surface area contributed by atoms with Gasteiger partial charge in [0.1, 0.15) is 0 Å². The van der Waals surface area contributed by atoms with Gasteiger partial charge in [-0.2, -0.15) is 5.48 Å². The van der Waals surface area contributed by atoms with Crippen LogP contribution < -0.4 is 15.8 Å². The van der Waals surface area contributed by atoms with Gasteiger partial charge in [0.05, 0.1) is 0 Å². The van der Waals surface area contributed by atoms with Gasteiger partial charge in [-0.1, -0.05) is 36.6 Å². The Labute approximate surface area is 143 Å². The normalized spacial score (nSPS) is 9.29. The van der Waals surface area contributed by atoms with Crippen molar-refractivity contribution in [1.82, 2.24) is 11.0 Å². The van der Waals surface area contributed by atoms with E-state index in [2.05, 4.69) is 12.1 Å². The number of carbonyl (C=O) groups excluding carboxylic acids is 2. The minimum atomic E-state index is -0.376. The molecule has 3 N–H and O–H groups in total. The molecule has 0 atom stereocenters. The molecule has 0 fully saturated rings. The van der Waals surface area contributed by atoms with E-state index in [0.29, 0.717) is 25.0 Å². The number of benzene rings is 1. The summed E-state index contributed by atoms with van der Waals surface area (Å²) in [6, 6.07) is 7.40. The van der Waals surface area contributed by atoms with E-state index in [4.69, 9.17) is 10.0 Å². The number of amides is 2. The molecular formula is C18H28N2O4. The number of nitrogens with one attached hydrogen (secondary N) is 2. The molecule has 1 aromatic rings. The molecule has 1 aromatic carbocycles. The number of rotatable bonds is 9. The Hall–Kier alpha value is -2.34. The number of hydroxylamine groups is 2. The SMILES string of the molecule is C=CC.Cc1ccc(ONC(=O)CCCCCCC(=O)NO)cc1. The van der Waals surface area contributed by atoms with Crippen LogP contribution in [0.2, 0.25) is 0 Å². The molecule has 0 aliphatic carbocycles. The maximum absolute atomic E-state index is 11.5. The van der Waals surface area contributed by atoms with Crippen LogP contribution in [0.1, 0.15) is 51.0 Å². The monoisotopic (exact) mass is 336 g/mol. The summed E-state index contributed by atoms with van der Waals surface area (Å²) in [6.45, 7) is 7.23. The Morgan fingerprint density at radius 3 is 2.08 bits per heavy atom. The van der Waals surface area contributed by atoms with Crippen molar-refractivity contribution in [2.75, 3.05) is 0 Å². The van der Waals surface area contributed by atoms with Gasteiger partial charge >= 0.3 is 0 Å². The van der Waals surface area contributed by atoms with Crippen LogP contribution in [0, 0.1) is 6.92 Å². The van der Waals surface area contributed by atoms with Crippen molar-refractivity contribution in [2.45, 2.75) is 52.4 Å². The first-order chi connectivity index (χ1) is 11.5. The van der Waals surface area contributed by atoms with E-state index in [1.165, 1.54) is 0 Å². The third-order valence-electron chi connectivity index (χ3n) is 2.99. The third kappa shape index (κ3) is 12.2. The average molecular weight is 336 g/mol. The number of unbranched alkanes of at least 4 members (excludes halogenated alkanes) is 3. The molecule has 0 unspecified atom stereocenters. The highest BCUT2D eigenvalue weighted by molar-refractivity contribution is 5.75. The summed E-state index contributed by atoms with van der Waals surface area (Å²) < 4.78 is 0. The zero-order valence-corrected chi connectivity index (χ0v) is 14.5. The smallest absolute Gasteiger partial charge is 0.252 e. The van der Waals surface area contributed by atoms with Crippen molar-refractivity contribution in [3.63, 3.8) is 0 Å². The number of hydrogen-bond donors (Lipinski definition) is 3. The van der Waals surface area contributed by atoms with E-state index in [0.717, 1.165) is 24.8 Å². The molecule has 0 saturated heterocycles. The maximum atomic E-state index is 11.5. The van der Waals surface area contributed by atoms with Gasteiger partial charge in [0.2, 0.25) is 5.91 Å². The second-order valence-corrected chi connectivity index (χ2v) is 5.30. The van der Waals surface area contributed by atoms with Gasteiger partial charge in [-0.05, 0) is 38.8 Å². The highest BCUT2D eigenvalue weighted by Gasteiger charge is 2.03. The second-order valence-electron chi connectivity index (χ2n) is 5.30. The highest BCUT2D eigenvalue weighted by atomic mass is 16.7. The van der Waals surface area contributed by atoms with Gasteiger partial charge in [-0.3, -0.25) is 14.8 Å². The summed E-state index contributed by atoms with van der Waals surface area (Å²) in [4.78, 5) is 27.5.